The summed E-state index contributed by atoms with van der Waals surface area (Å²) in [6.45, 7) is 9.06. The van der Waals surface area contributed by atoms with Crippen LogP contribution in [0.15, 0.2) is 72.8 Å². The number of non-ortho nitro benzene ring substituents is 2. The first-order valence-electron chi connectivity index (χ1n) is 15.8. The summed E-state index contributed by atoms with van der Waals surface area (Å²) in [6.07, 6.45) is 0. The third-order valence-corrected chi connectivity index (χ3v) is 8.65. The Labute approximate surface area is 303 Å². The van der Waals surface area contributed by atoms with E-state index in [0.717, 1.165) is 13.1 Å². The molecule has 0 aromatic heterocycles. The molecule has 0 atom stereocenters. The molecular weight excluding hydrogens is 720 g/mol. The van der Waals surface area contributed by atoms with Crippen LogP contribution in [0.25, 0.3) is 0 Å². The fourth-order valence-electron chi connectivity index (χ4n) is 6.30. The Morgan fingerprint density at radius 2 is 0.815 bits per heavy atom. The van der Waals surface area contributed by atoms with Crippen LogP contribution in [-0.2, 0) is 0 Å². The fourth-order valence-corrected chi connectivity index (χ4v) is 6.30. The summed E-state index contributed by atoms with van der Waals surface area (Å²) in [7, 11) is 0. The lowest BCUT2D eigenvalue weighted by molar-refractivity contribution is -0.420. The van der Waals surface area contributed by atoms with Crippen LogP contribution in [0.2, 0.25) is 0 Å². The summed E-state index contributed by atoms with van der Waals surface area (Å²) >= 11 is 0. The highest BCUT2D eigenvalue weighted by Crippen LogP contribution is 2.48. The Morgan fingerprint density at radius 3 is 1.07 bits per heavy atom. The Morgan fingerprint density at radius 1 is 0.519 bits per heavy atom. The number of para-hydroxylation sites is 2. The van der Waals surface area contributed by atoms with Gasteiger partial charge in [0, 0.05) is 49.4 Å². The van der Waals surface area contributed by atoms with Gasteiger partial charge >= 0.3 is 0 Å². The number of fused-ring (bicyclic) bond motifs is 5. The maximum atomic E-state index is 11.1. The molecule has 0 N–H and O–H groups in total. The van der Waals surface area contributed by atoms with Crippen LogP contribution < -0.4 is 20.0 Å². The number of hydrogen-bond acceptors (Lipinski definition) is 16. The minimum atomic E-state index is -1.46. The van der Waals surface area contributed by atoms with Gasteiger partial charge in [-0.1, -0.05) is 36.4 Å². The van der Waals surface area contributed by atoms with E-state index >= 15 is 0 Å². The molecule has 0 radical (unpaired) electrons. The number of rotatable bonds is 8. The molecule has 282 valence electrons. The van der Waals surface area contributed by atoms with Gasteiger partial charge in [0.25, 0.3) is 34.1 Å². The largest absolute Gasteiger partial charge is 0.863 e. The molecule has 0 spiro atoms. The van der Waals surface area contributed by atoms with E-state index in [1.54, 1.807) is 0 Å². The number of nitro groups is 6. The van der Waals surface area contributed by atoms with E-state index in [4.69, 9.17) is 0 Å². The molecule has 0 amide bonds. The van der Waals surface area contributed by atoms with Crippen molar-refractivity contribution in [3.63, 3.8) is 0 Å². The van der Waals surface area contributed by atoms with Crippen molar-refractivity contribution in [1.29, 1.82) is 0 Å². The quantitative estimate of drug-likeness (QED) is 0.167. The lowest BCUT2D eigenvalue weighted by Crippen LogP contribution is -2.47. The van der Waals surface area contributed by atoms with Gasteiger partial charge < -0.3 is 20.0 Å². The first-order chi connectivity index (χ1) is 25.5. The Bertz CT molecular complexity index is 1940. The molecule has 54 heavy (non-hydrogen) atoms. The molecule has 0 fully saturated rings. The Hall–Kier alpha value is -7.52. The van der Waals surface area contributed by atoms with Crippen LogP contribution in [0.5, 0.6) is 11.5 Å². The summed E-state index contributed by atoms with van der Waals surface area (Å²) in [4.78, 5) is 60.1. The van der Waals surface area contributed by atoms with Crippen LogP contribution in [0.4, 0.5) is 45.5 Å². The van der Waals surface area contributed by atoms with E-state index < -0.39 is 75.2 Å². The Balaban J connectivity index is 0.000000185. The van der Waals surface area contributed by atoms with Crippen LogP contribution in [0.3, 0.4) is 0 Å². The van der Waals surface area contributed by atoms with Crippen LogP contribution >= 0.6 is 0 Å². The van der Waals surface area contributed by atoms with Crippen LogP contribution in [0, 0.1) is 66.6 Å². The maximum absolute atomic E-state index is 11.1. The first-order valence-corrected chi connectivity index (χ1v) is 15.8. The van der Waals surface area contributed by atoms with Crippen molar-refractivity contribution < 1.29 is 39.8 Å². The summed E-state index contributed by atoms with van der Waals surface area (Å²) in [5.41, 5.74) is -0.621. The highest BCUT2D eigenvalue weighted by atomic mass is 16.7. The molecule has 0 unspecified atom stereocenters. The van der Waals surface area contributed by atoms with Crippen molar-refractivity contribution in [2.45, 2.75) is 19.8 Å². The molecule has 2 aliphatic heterocycles. The zero-order chi connectivity index (χ0) is 40.0. The molecule has 6 rings (SSSR count). The third-order valence-electron chi connectivity index (χ3n) is 8.65. The van der Waals surface area contributed by atoms with Crippen molar-refractivity contribution >= 4 is 45.5 Å². The van der Waals surface area contributed by atoms with Crippen LogP contribution in [-0.4, -0.2) is 55.7 Å². The summed E-state index contributed by atoms with van der Waals surface area (Å²) < 4.78 is 0. The zero-order valence-corrected chi connectivity index (χ0v) is 28.2. The predicted octanol–water partition coefficient (Wildman–Crippen LogP) is 5.08. The predicted molar refractivity (Wildman–Crippen MR) is 186 cm³/mol. The van der Waals surface area contributed by atoms with Crippen molar-refractivity contribution in [2.75, 3.05) is 36.0 Å². The van der Waals surface area contributed by atoms with Gasteiger partial charge in [-0.25, -0.2) is 0 Å². The van der Waals surface area contributed by atoms with Crippen molar-refractivity contribution in [3.8, 4) is 11.5 Å². The standard InChI is InChI=1S/C20H24N2.2C6H3N3O7/c1-3-21-13-15-14-22(4-2)19-12-8-6-10-17(19)20(15)16-9-5-7-11-18(16)21;2*10-6-4(8(13)14)1-3(7(11)12)2-5(6)9(15)16/h5-12,15,20H,3-4,13-14H2,1-2H3;2*1-2,10H/p-2. The SMILES string of the molecule is CCN1CC2CN(CC)c3ccccc3C2c2ccccc21.O=[N+]([O-])c1cc([N+](=O)[O-])c([O-])c([N+](=O)[O-])c1.O=[N+]([O-])c1cc([N+](=O)[O-])c([O-])c([N+](=O)[O-])c1. The third kappa shape index (κ3) is 8.01. The average molecular weight is 749 g/mol. The molecule has 4 aromatic carbocycles. The summed E-state index contributed by atoms with van der Waals surface area (Å²) in [5.74, 6) is -1.68. The van der Waals surface area contributed by atoms with Gasteiger partial charge in [0.05, 0.1) is 65.3 Å². The highest BCUT2D eigenvalue weighted by molar-refractivity contribution is 5.68. The first kappa shape index (κ1) is 39.3. The summed E-state index contributed by atoms with van der Waals surface area (Å²) in [6, 6.07) is 19.6. The number of anilines is 2. The molecule has 4 aromatic rings. The molecule has 22 heteroatoms. The second kappa shape index (κ2) is 16.2. The van der Waals surface area contributed by atoms with Gasteiger partial charge in [0.15, 0.2) is 0 Å². The van der Waals surface area contributed by atoms with Crippen LogP contribution in [0.1, 0.15) is 30.9 Å². The van der Waals surface area contributed by atoms with Crippen molar-refractivity contribution in [2.24, 2.45) is 5.92 Å². The zero-order valence-electron chi connectivity index (χ0n) is 28.2. The fraction of sp³-hybridized carbons (Fsp3) is 0.250. The number of nitro benzene ring substituents is 6. The molecule has 0 aliphatic carbocycles. The molecule has 0 saturated heterocycles. The minimum absolute atomic E-state index is 0.384. The van der Waals surface area contributed by atoms with Gasteiger partial charge in [0.1, 0.15) is 0 Å². The average Bonchev–Trinajstić information content (AvgIpc) is 3.13. The molecule has 2 heterocycles. The lowest BCUT2D eigenvalue weighted by Gasteiger charge is -2.47. The van der Waals surface area contributed by atoms with E-state index in [9.17, 15) is 70.9 Å². The second-order valence-electron chi connectivity index (χ2n) is 11.6. The normalized spacial score (nSPS) is 15.1. The van der Waals surface area contributed by atoms with Crippen molar-refractivity contribution in [3.05, 3.63) is 145 Å². The Kier molecular flexibility index (Phi) is 11.8. The van der Waals surface area contributed by atoms with E-state index in [-0.39, 0.29) is 0 Å². The van der Waals surface area contributed by atoms with E-state index in [1.807, 2.05) is 0 Å². The van der Waals surface area contributed by atoms with Gasteiger partial charge in [-0.3, -0.25) is 60.7 Å². The number of nitrogens with zero attached hydrogens (tertiary/aromatic N) is 8. The molecule has 2 aliphatic rings. The monoisotopic (exact) mass is 748 g/mol. The summed E-state index contributed by atoms with van der Waals surface area (Å²) in [5, 5.41) is 84.2. The highest BCUT2D eigenvalue weighted by Gasteiger charge is 2.39. The van der Waals surface area contributed by atoms with E-state index in [2.05, 4.69) is 72.2 Å². The lowest BCUT2D eigenvalue weighted by atomic mass is 9.73. The van der Waals surface area contributed by atoms with Gasteiger partial charge in [-0.2, -0.15) is 0 Å². The second-order valence-corrected chi connectivity index (χ2v) is 11.6. The molecule has 22 nitrogen and oxygen atoms in total. The van der Waals surface area contributed by atoms with Gasteiger partial charge in [-0.05, 0) is 37.1 Å². The molecule has 0 saturated carbocycles. The number of hydrogen-bond donors (Lipinski definition) is 0. The van der Waals surface area contributed by atoms with Crippen molar-refractivity contribution in [1.82, 2.24) is 0 Å². The maximum Gasteiger partial charge on any atom is 0.283 e. The number of benzene rings is 4. The van der Waals surface area contributed by atoms with Gasteiger partial charge in [-0.15, -0.1) is 0 Å². The smallest absolute Gasteiger partial charge is 0.283 e. The minimum Gasteiger partial charge on any atom is -0.863 e. The molecule has 0 bridgehead atoms. The topological polar surface area (TPSA) is 311 Å². The van der Waals surface area contributed by atoms with E-state index in [0.29, 0.717) is 36.1 Å². The molecular formula is C32H28N8O14-2. The van der Waals surface area contributed by atoms with E-state index in [1.165, 1.54) is 35.6 Å². The van der Waals surface area contributed by atoms with Gasteiger partial charge in [0.2, 0.25) is 0 Å².